The molecule has 0 bridgehead atoms. The summed E-state index contributed by atoms with van der Waals surface area (Å²) in [5, 5.41) is 9.23. The summed E-state index contributed by atoms with van der Waals surface area (Å²) in [5.74, 6) is -0.196. The molecule has 1 heterocycles. The van der Waals surface area contributed by atoms with E-state index >= 15 is 0 Å². The molecule has 2 rings (SSSR count). The van der Waals surface area contributed by atoms with Crippen molar-refractivity contribution in [1.82, 2.24) is 0 Å². The molecule has 18 heavy (non-hydrogen) atoms. The van der Waals surface area contributed by atoms with Crippen LogP contribution in [0.4, 0.5) is 0 Å². The van der Waals surface area contributed by atoms with E-state index in [-0.39, 0.29) is 11.5 Å². The van der Waals surface area contributed by atoms with Gasteiger partial charge < -0.3 is 4.42 Å². The van der Waals surface area contributed by atoms with Crippen LogP contribution in [0.25, 0.3) is 0 Å². The van der Waals surface area contributed by atoms with Crippen LogP contribution in [-0.4, -0.2) is 5.78 Å². The second-order valence-corrected chi connectivity index (χ2v) is 4.19. The Morgan fingerprint density at radius 1 is 1.22 bits per heavy atom. The van der Waals surface area contributed by atoms with Gasteiger partial charge in [-0.05, 0) is 37.1 Å². The number of hydrogen-bond donors (Lipinski definition) is 0. The molecule has 0 aliphatic rings. The standard InChI is InChI=1S/C15H13NO2/c1-10-5-3-4-6-12(10)13(9-16)15(17)14-8-7-11(2)18-14/h3-8,13H,1-2H3. The molecular formula is C15H13NO2. The van der Waals surface area contributed by atoms with E-state index in [1.165, 1.54) is 0 Å². The van der Waals surface area contributed by atoms with Gasteiger partial charge in [-0.15, -0.1) is 0 Å². The largest absolute Gasteiger partial charge is 0.458 e. The average Bonchev–Trinajstić information content (AvgIpc) is 2.79. The molecule has 0 radical (unpaired) electrons. The van der Waals surface area contributed by atoms with E-state index in [1.54, 1.807) is 25.1 Å². The van der Waals surface area contributed by atoms with Crippen molar-refractivity contribution in [3.8, 4) is 6.07 Å². The van der Waals surface area contributed by atoms with Crippen LogP contribution in [0.15, 0.2) is 40.8 Å². The van der Waals surface area contributed by atoms with Crippen molar-refractivity contribution in [2.75, 3.05) is 0 Å². The van der Waals surface area contributed by atoms with Crippen molar-refractivity contribution >= 4 is 5.78 Å². The second-order valence-electron chi connectivity index (χ2n) is 4.19. The lowest BCUT2D eigenvalue weighted by molar-refractivity contribution is 0.0950. The highest BCUT2D eigenvalue weighted by molar-refractivity contribution is 6.00. The van der Waals surface area contributed by atoms with Gasteiger partial charge in [-0.3, -0.25) is 4.79 Å². The zero-order chi connectivity index (χ0) is 13.1. The van der Waals surface area contributed by atoms with Crippen molar-refractivity contribution in [2.45, 2.75) is 19.8 Å². The van der Waals surface area contributed by atoms with Gasteiger partial charge in [0, 0.05) is 0 Å². The van der Waals surface area contributed by atoms with Gasteiger partial charge in [0.15, 0.2) is 5.76 Å². The smallest absolute Gasteiger partial charge is 0.219 e. The Balaban J connectivity index is 2.39. The lowest BCUT2D eigenvalue weighted by Gasteiger charge is -2.09. The summed E-state index contributed by atoms with van der Waals surface area (Å²) in [6.07, 6.45) is 0. The third-order valence-corrected chi connectivity index (χ3v) is 2.87. The van der Waals surface area contributed by atoms with E-state index in [1.807, 2.05) is 25.1 Å². The predicted octanol–water partition coefficient (Wildman–Crippen LogP) is 3.39. The summed E-state index contributed by atoms with van der Waals surface area (Å²) in [6.45, 7) is 3.66. The second kappa shape index (κ2) is 4.89. The van der Waals surface area contributed by atoms with Crippen molar-refractivity contribution in [1.29, 1.82) is 5.26 Å². The molecule has 90 valence electrons. The Morgan fingerprint density at radius 2 is 1.94 bits per heavy atom. The molecular weight excluding hydrogens is 226 g/mol. The van der Waals surface area contributed by atoms with Crippen LogP contribution in [0.5, 0.6) is 0 Å². The zero-order valence-corrected chi connectivity index (χ0v) is 10.3. The van der Waals surface area contributed by atoms with Crippen LogP contribution < -0.4 is 0 Å². The van der Waals surface area contributed by atoms with Crippen LogP contribution in [0.3, 0.4) is 0 Å². The predicted molar refractivity (Wildman–Crippen MR) is 67.3 cm³/mol. The van der Waals surface area contributed by atoms with E-state index in [2.05, 4.69) is 6.07 Å². The molecule has 0 saturated carbocycles. The highest BCUT2D eigenvalue weighted by Gasteiger charge is 2.25. The molecule has 0 amide bonds. The van der Waals surface area contributed by atoms with Gasteiger partial charge in [0.25, 0.3) is 0 Å². The van der Waals surface area contributed by atoms with Crippen LogP contribution in [0.1, 0.15) is 33.4 Å². The molecule has 0 N–H and O–H groups in total. The Hall–Kier alpha value is -2.34. The molecule has 2 aromatic rings. The number of hydrogen-bond acceptors (Lipinski definition) is 3. The summed E-state index contributed by atoms with van der Waals surface area (Å²) in [4.78, 5) is 12.2. The fourth-order valence-electron chi connectivity index (χ4n) is 1.89. The fourth-order valence-corrected chi connectivity index (χ4v) is 1.89. The number of benzene rings is 1. The highest BCUT2D eigenvalue weighted by Crippen LogP contribution is 2.24. The number of Topliss-reactive ketones (excluding diaryl/α,β-unsaturated/α-hetero) is 1. The lowest BCUT2D eigenvalue weighted by Crippen LogP contribution is -2.11. The number of rotatable bonds is 3. The van der Waals surface area contributed by atoms with E-state index in [9.17, 15) is 10.1 Å². The van der Waals surface area contributed by atoms with Crippen LogP contribution in [0.2, 0.25) is 0 Å². The Morgan fingerprint density at radius 3 is 2.50 bits per heavy atom. The third-order valence-electron chi connectivity index (χ3n) is 2.87. The number of nitriles is 1. The molecule has 1 unspecified atom stereocenters. The van der Waals surface area contributed by atoms with Crippen molar-refractivity contribution in [3.63, 3.8) is 0 Å². The quantitative estimate of drug-likeness (QED) is 0.771. The first-order valence-electron chi connectivity index (χ1n) is 5.69. The summed E-state index contributed by atoms with van der Waals surface area (Å²) >= 11 is 0. The molecule has 0 aliphatic heterocycles. The molecule has 3 nitrogen and oxygen atoms in total. The Kier molecular flexibility index (Phi) is 3.29. The molecule has 1 atom stereocenters. The van der Waals surface area contributed by atoms with Gasteiger partial charge >= 0.3 is 0 Å². The average molecular weight is 239 g/mol. The molecule has 1 aromatic heterocycles. The summed E-state index contributed by atoms with van der Waals surface area (Å²) in [5.41, 5.74) is 1.67. The van der Waals surface area contributed by atoms with Gasteiger partial charge in [0.1, 0.15) is 11.7 Å². The first-order chi connectivity index (χ1) is 8.63. The Labute approximate surface area is 106 Å². The molecule has 0 saturated heterocycles. The van der Waals surface area contributed by atoms with Crippen molar-refractivity contribution < 1.29 is 9.21 Å². The maximum atomic E-state index is 12.2. The van der Waals surface area contributed by atoms with Gasteiger partial charge in [0.2, 0.25) is 5.78 Å². The maximum absolute atomic E-state index is 12.2. The number of carbonyl (C=O) groups is 1. The van der Waals surface area contributed by atoms with Crippen LogP contribution >= 0.6 is 0 Å². The highest BCUT2D eigenvalue weighted by atomic mass is 16.3. The number of nitrogens with zero attached hydrogens (tertiary/aromatic N) is 1. The maximum Gasteiger partial charge on any atom is 0.219 e. The fraction of sp³-hybridized carbons (Fsp3) is 0.200. The molecule has 1 aromatic carbocycles. The molecule has 0 spiro atoms. The molecule has 0 aliphatic carbocycles. The van der Waals surface area contributed by atoms with E-state index in [0.29, 0.717) is 5.76 Å². The summed E-state index contributed by atoms with van der Waals surface area (Å²) < 4.78 is 5.29. The minimum absolute atomic E-state index is 0.238. The zero-order valence-electron chi connectivity index (χ0n) is 10.3. The van der Waals surface area contributed by atoms with E-state index in [4.69, 9.17) is 4.42 Å². The first kappa shape index (κ1) is 12.1. The van der Waals surface area contributed by atoms with Gasteiger partial charge in [-0.2, -0.15) is 5.26 Å². The van der Waals surface area contributed by atoms with Gasteiger partial charge in [-0.25, -0.2) is 0 Å². The number of carbonyl (C=O) groups excluding carboxylic acids is 1. The monoisotopic (exact) mass is 239 g/mol. The van der Waals surface area contributed by atoms with Crippen LogP contribution in [-0.2, 0) is 0 Å². The molecule has 3 heteroatoms. The van der Waals surface area contributed by atoms with E-state index in [0.717, 1.165) is 11.1 Å². The Bertz CT molecular complexity index is 619. The van der Waals surface area contributed by atoms with E-state index < -0.39 is 5.92 Å². The van der Waals surface area contributed by atoms with Crippen molar-refractivity contribution in [3.05, 3.63) is 59.0 Å². The summed E-state index contributed by atoms with van der Waals surface area (Å²) in [6, 6.07) is 12.8. The lowest BCUT2D eigenvalue weighted by atomic mass is 9.91. The third kappa shape index (κ3) is 2.18. The number of furan rings is 1. The topological polar surface area (TPSA) is 54.0 Å². The number of aryl methyl sites for hydroxylation is 2. The SMILES string of the molecule is Cc1ccc(C(=O)C(C#N)c2ccccc2C)o1. The minimum atomic E-state index is -0.809. The van der Waals surface area contributed by atoms with Crippen LogP contribution in [0, 0.1) is 25.2 Å². The minimum Gasteiger partial charge on any atom is -0.458 e. The first-order valence-corrected chi connectivity index (χ1v) is 5.69. The normalized spacial score (nSPS) is 11.8. The molecule has 0 fully saturated rings. The van der Waals surface area contributed by atoms with Gasteiger partial charge in [0.05, 0.1) is 6.07 Å². The number of ketones is 1. The van der Waals surface area contributed by atoms with Crippen molar-refractivity contribution in [2.24, 2.45) is 0 Å². The summed E-state index contributed by atoms with van der Waals surface area (Å²) in [7, 11) is 0. The van der Waals surface area contributed by atoms with Gasteiger partial charge in [-0.1, -0.05) is 24.3 Å².